The van der Waals surface area contributed by atoms with Crippen LogP contribution >= 0.6 is 0 Å². The molecule has 1 unspecified atom stereocenters. The number of likely N-dealkylation sites (N-methyl/N-ethyl adjacent to an activating group) is 1. The van der Waals surface area contributed by atoms with E-state index in [1.165, 1.54) is 12.1 Å². The first kappa shape index (κ1) is 20.6. The fourth-order valence-electron chi connectivity index (χ4n) is 2.64. The first-order chi connectivity index (χ1) is 12.7. The van der Waals surface area contributed by atoms with E-state index < -0.39 is 11.7 Å². The molecule has 5 nitrogen and oxygen atoms in total. The van der Waals surface area contributed by atoms with Crippen LogP contribution in [-0.2, 0) is 17.5 Å². The van der Waals surface area contributed by atoms with Crippen LogP contribution in [-0.4, -0.2) is 33.7 Å². The third-order valence-electron chi connectivity index (χ3n) is 3.92. The molecule has 2 aromatic rings. The number of nitrogens with one attached hydrogen (secondary N) is 2. The lowest BCUT2D eigenvalue weighted by molar-refractivity contribution is -0.885. The predicted molar refractivity (Wildman–Crippen MR) is 95.1 cm³/mol. The number of methoxy groups -OCH3 is 2. The summed E-state index contributed by atoms with van der Waals surface area (Å²) in [7, 11) is 4.92. The van der Waals surface area contributed by atoms with Gasteiger partial charge in [0, 0.05) is 17.3 Å². The zero-order valence-electron chi connectivity index (χ0n) is 15.3. The van der Waals surface area contributed by atoms with Crippen molar-refractivity contribution in [2.24, 2.45) is 0 Å². The lowest BCUT2D eigenvalue weighted by atomic mass is 10.1. The highest BCUT2D eigenvalue weighted by Gasteiger charge is 2.30. The fourth-order valence-corrected chi connectivity index (χ4v) is 2.64. The van der Waals surface area contributed by atoms with Crippen LogP contribution in [0, 0.1) is 0 Å². The fraction of sp³-hybridized carbons (Fsp3) is 0.316. The van der Waals surface area contributed by atoms with E-state index in [2.05, 4.69) is 5.32 Å². The van der Waals surface area contributed by atoms with Crippen molar-refractivity contribution in [2.75, 3.05) is 33.1 Å². The van der Waals surface area contributed by atoms with Crippen LogP contribution < -0.4 is 19.7 Å². The molecular weight excluding hydrogens is 361 g/mol. The van der Waals surface area contributed by atoms with Crippen LogP contribution in [0.2, 0.25) is 0 Å². The normalized spacial score (nSPS) is 12.4. The van der Waals surface area contributed by atoms with Crippen LogP contribution in [0.1, 0.15) is 11.1 Å². The molecule has 0 spiro atoms. The van der Waals surface area contributed by atoms with Crippen LogP contribution in [0.25, 0.3) is 0 Å². The summed E-state index contributed by atoms with van der Waals surface area (Å²) in [5.41, 5.74) is 0.205. The summed E-state index contributed by atoms with van der Waals surface area (Å²) in [6.07, 6.45) is -4.45. The van der Waals surface area contributed by atoms with Crippen molar-refractivity contribution in [1.82, 2.24) is 0 Å². The number of benzene rings is 2. The molecule has 0 aliphatic carbocycles. The Hall–Kier alpha value is -2.74. The lowest BCUT2D eigenvalue weighted by Crippen LogP contribution is -3.08. The highest BCUT2D eigenvalue weighted by atomic mass is 19.4. The van der Waals surface area contributed by atoms with Gasteiger partial charge in [0.15, 0.2) is 6.54 Å². The van der Waals surface area contributed by atoms with Gasteiger partial charge < -0.3 is 19.7 Å². The summed E-state index contributed by atoms with van der Waals surface area (Å²) < 4.78 is 48.7. The first-order valence-electron chi connectivity index (χ1n) is 8.22. The number of anilines is 1. The first-order valence-corrected chi connectivity index (χ1v) is 8.22. The van der Waals surface area contributed by atoms with Gasteiger partial charge >= 0.3 is 6.18 Å². The second kappa shape index (κ2) is 8.77. The Morgan fingerprint density at radius 2 is 1.85 bits per heavy atom. The Morgan fingerprint density at radius 3 is 2.48 bits per heavy atom. The van der Waals surface area contributed by atoms with Gasteiger partial charge in [0.25, 0.3) is 5.91 Å². The third-order valence-corrected chi connectivity index (χ3v) is 3.92. The zero-order chi connectivity index (χ0) is 20.0. The average Bonchev–Trinajstić information content (AvgIpc) is 2.61. The van der Waals surface area contributed by atoms with Crippen molar-refractivity contribution < 1.29 is 32.3 Å². The topological polar surface area (TPSA) is 52.0 Å². The molecular formula is C19H22F3N2O3+. The Labute approximate surface area is 155 Å². The second-order valence-electron chi connectivity index (χ2n) is 6.12. The summed E-state index contributed by atoms with van der Waals surface area (Å²) >= 11 is 0. The zero-order valence-corrected chi connectivity index (χ0v) is 15.3. The number of rotatable bonds is 7. The van der Waals surface area contributed by atoms with Crippen molar-refractivity contribution >= 4 is 11.6 Å². The maximum atomic E-state index is 12.7. The van der Waals surface area contributed by atoms with Gasteiger partial charge in [-0.1, -0.05) is 6.07 Å². The molecule has 0 bridgehead atoms. The number of carbonyl (C=O) groups is 1. The largest absolute Gasteiger partial charge is 0.497 e. The lowest BCUT2D eigenvalue weighted by Gasteiger charge is -2.16. The summed E-state index contributed by atoms with van der Waals surface area (Å²) in [6.45, 7) is 0.592. The van der Waals surface area contributed by atoms with E-state index in [0.717, 1.165) is 22.6 Å². The third kappa shape index (κ3) is 5.89. The number of ether oxygens (including phenoxy) is 2. The highest BCUT2D eigenvalue weighted by molar-refractivity contribution is 5.91. The molecule has 0 fully saturated rings. The molecule has 0 aliphatic rings. The van der Waals surface area contributed by atoms with Crippen LogP contribution in [0.5, 0.6) is 11.5 Å². The maximum absolute atomic E-state index is 12.7. The molecule has 2 rings (SSSR count). The van der Waals surface area contributed by atoms with E-state index in [0.29, 0.717) is 18.0 Å². The minimum Gasteiger partial charge on any atom is -0.497 e. The molecule has 1 atom stereocenters. The molecule has 0 radical (unpaired) electrons. The van der Waals surface area contributed by atoms with Crippen molar-refractivity contribution in [3.8, 4) is 11.5 Å². The van der Waals surface area contributed by atoms with Gasteiger partial charge in [0.1, 0.15) is 18.0 Å². The van der Waals surface area contributed by atoms with E-state index in [1.54, 1.807) is 26.4 Å². The Kier molecular flexibility index (Phi) is 6.68. The van der Waals surface area contributed by atoms with Gasteiger partial charge in [-0.25, -0.2) is 0 Å². The second-order valence-corrected chi connectivity index (χ2v) is 6.12. The monoisotopic (exact) mass is 383 g/mol. The van der Waals surface area contributed by atoms with Gasteiger partial charge in [0.05, 0.1) is 26.8 Å². The van der Waals surface area contributed by atoms with Gasteiger partial charge in [-0.15, -0.1) is 0 Å². The molecule has 8 heteroatoms. The molecule has 0 aromatic heterocycles. The smallest absolute Gasteiger partial charge is 0.416 e. The number of quaternary nitrogens is 1. The standard InChI is InChI=1S/C19H21F3N2O3/c1-24(11-13-7-8-16(26-2)10-17(13)27-3)12-18(25)23-15-6-4-5-14(9-15)19(20,21)22/h4-10H,11-12H2,1-3H3,(H,23,25)/p+1. The summed E-state index contributed by atoms with van der Waals surface area (Å²) in [5, 5.41) is 2.51. The maximum Gasteiger partial charge on any atom is 0.416 e. The Morgan fingerprint density at radius 1 is 1.11 bits per heavy atom. The van der Waals surface area contributed by atoms with Crippen molar-refractivity contribution in [3.05, 3.63) is 53.6 Å². The molecule has 0 saturated heterocycles. The van der Waals surface area contributed by atoms with Gasteiger partial charge in [-0.3, -0.25) is 4.79 Å². The molecule has 2 N–H and O–H groups in total. The summed E-state index contributed by atoms with van der Waals surface area (Å²) in [6, 6.07) is 9.97. The van der Waals surface area contributed by atoms with Gasteiger partial charge in [0.2, 0.25) is 0 Å². The predicted octanol–water partition coefficient (Wildman–Crippen LogP) is 2.38. The van der Waals surface area contributed by atoms with Gasteiger partial charge in [-0.05, 0) is 30.3 Å². The molecule has 146 valence electrons. The Balaban J connectivity index is 1.98. The molecule has 0 saturated carbocycles. The molecule has 2 aromatic carbocycles. The van der Waals surface area contributed by atoms with Crippen molar-refractivity contribution in [2.45, 2.75) is 12.7 Å². The molecule has 0 aliphatic heterocycles. The van der Waals surface area contributed by atoms with Crippen molar-refractivity contribution in [1.29, 1.82) is 0 Å². The number of amides is 1. The van der Waals surface area contributed by atoms with E-state index in [9.17, 15) is 18.0 Å². The van der Waals surface area contributed by atoms with Crippen LogP contribution in [0.15, 0.2) is 42.5 Å². The van der Waals surface area contributed by atoms with E-state index in [4.69, 9.17) is 9.47 Å². The molecule has 27 heavy (non-hydrogen) atoms. The summed E-state index contributed by atoms with van der Waals surface area (Å²) in [5.74, 6) is 0.932. The number of alkyl halides is 3. The minimum absolute atomic E-state index is 0.0887. The number of halogens is 3. The number of carbonyl (C=O) groups excluding carboxylic acids is 1. The Bertz CT molecular complexity index is 794. The highest BCUT2D eigenvalue weighted by Crippen LogP contribution is 2.30. The molecule has 0 heterocycles. The number of hydrogen-bond acceptors (Lipinski definition) is 3. The minimum atomic E-state index is -4.45. The number of hydrogen-bond donors (Lipinski definition) is 2. The van der Waals surface area contributed by atoms with E-state index >= 15 is 0 Å². The quantitative estimate of drug-likeness (QED) is 0.772. The van der Waals surface area contributed by atoms with E-state index in [1.807, 2.05) is 13.1 Å². The van der Waals surface area contributed by atoms with Crippen LogP contribution in [0.3, 0.4) is 0 Å². The molecule has 1 amide bonds. The van der Waals surface area contributed by atoms with Crippen LogP contribution in [0.4, 0.5) is 18.9 Å². The van der Waals surface area contributed by atoms with Crippen molar-refractivity contribution in [3.63, 3.8) is 0 Å². The van der Waals surface area contributed by atoms with E-state index in [-0.39, 0.29) is 18.1 Å². The summed E-state index contributed by atoms with van der Waals surface area (Å²) in [4.78, 5) is 13.0. The average molecular weight is 383 g/mol. The van der Waals surface area contributed by atoms with Gasteiger partial charge in [-0.2, -0.15) is 13.2 Å². The SMILES string of the molecule is COc1ccc(C[NH+](C)CC(=O)Nc2cccc(C(F)(F)F)c2)c(OC)c1.